The molecular weight excluding hydrogens is 254 g/mol. The highest BCUT2D eigenvalue weighted by atomic mass is 16.3. The molecule has 0 aliphatic rings. The van der Waals surface area contributed by atoms with Crippen LogP contribution in [0.15, 0.2) is 23.0 Å². The zero-order valence-corrected chi connectivity index (χ0v) is 11.8. The quantitative estimate of drug-likeness (QED) is 0.752. The maximum Gasteiger partial charge on any atom is 0.262 e. The lowest BCUT2D eigenvalue weighted by atomic mass is 10.0. The van der Waals surface area contributed by atoms with E-state index in [1.165, 1.54) is 0 Å². The number of nitrogens with one attached hydrogen (secondary N) is 1. The number of aromatic amines is 1. The number of aromatic hydroxyl groups is 1. The molecule has 3 rings (SSSR count). The Kier molecular flexibility index (Phi) is 2.78. The highest BCUT2D eigenvalue weighted by Crippen LogP contribution is 2.22. The normalized spacial score (nSPS) is 11.8. The van der Waals surface area contributed by atoms with Crippen LogP contribution in [0.4, 0.5) is 0 Å². The third-order valence-corrected chi connectivity index (χ3v) is 3.60. The fraction of sp³-hybridized carbons (Fsp3) is 0.333. The number of phenols is 1. The monoisotopic (exact) mass is 271 g/mol. The molecule has 3 aromatic rings. The molecule has 0 unspecified atom stereocenters. The van der Waals surface area contributed by atoms with Crippen LogP contribution >= 0.6 is 0 Å². The van der Waals surface area contributed by atoms with Crippen LogP contribution in [0, 0.1) is 0 Å². The van der Waals surface area contributed by atoms with Gasteiger partial charge in [0.05, 0.1) is 11.0 Å². The minimum atomic E-state index is -0.0574. The molecule has 2 aromatic heterocycles. The van der Waals surface area contributed by atoms with Gasteiger partial charge < -0.3 is 10.1 Å². The summed E-state index contributed by atoms with van der Waals surface area (Å²) in [6, 6.07) is 4.86. The van der Waals surface area contributed by atoms with Crippen LogP contribution in [-0.4, -0.2) is 19.5 Å². The molecule has 104 valence electrons. The van der Waals surface area contributed by atoms with E-state index >= 15 is 0 Å². The molecule has 5 heteroatoms. The van der Waals surface area contributed by atoms with E-state index in [1.54, 1.807) is 22.6 Å². The smallest absolute Gasteiger partial charge is 0.262 e. The highest BCUT2D eigenvalue weighted by Gasteiger charge is 2.16. The van der Waals surface area contributed by atoms with Gasteiger partial charge >= 0.3 is 0 Å². The second-order valence-corrected chi connectivity index (χ2v) is 5.27. The van der Waals surface area contributed by atoms with Gasteiger partial charge in [-0.25, -0.2) is 9.38 Å². The number of imidazole rings is 1. The van der Waals surface area contributed by atoms with Crippen molar-refractivity contribution in [2.45, 2.75) is 33.1 Å². The number of rotatable bonds is 2. The molecule has 0 amide bonds. The molecule has 5 nitrogen and oxygen atoms in total. The zero-order valence-electron chi connectivity index (χ0n) is 11.8. The molecule has 0 aliphatic heterocycles. The molecule has 0 saturated carbocycles. The third kappa shape index (κ3) is 1.70. The SMILES string of the molecule is CCc1c(C(C)C)[nH]c2nc3ccc(O)cc3n2c1=O. The minimum absolute atomic E-state index is 0.0574. The highest BCUT2D eigenvalue weighted by molar-refractivity contribution is 5.80. The number of H-pyrrole nitrogens is 1. The Labute approximate surface area is 115 Å². The Morgan fingerprint density at radius 3 is 2.80 bits per heavy atom. The summed E-state index contributed by atoms with van der Waals surface area (Å²) in [5.74, 6) is 0.886. The summed E-state index contributed by atoms with van der Waals surface area (Å²) in [4.78, 5) is 20.4. The average molecular weight is 271 g/mol. The molecular formula is C15H17N3O2. The van der Waals surface area contributed by atoms with Crippen molar-refractivity contribution in [2.24, 2.45) is 0 Å². The molecule has 2 heterocycles. The van der Waals surface area contributed by atoms with E-state index in [0.29, 0.717) is 23.2 Å². The van der Waals surface area contributed by atoms with Crippen molar-refractivity contribution in [2.75, 3.05) is 0 Å². The van der Waals surface area contributed by atoms with Crippen molar-refractivity contribution in [3.8, 4) is 5.75 Å². The minimum Gasteiger partial charge on any atom is -0.508 e. The van der Waals surface area contributed by atoms with E-state index in [-0.39, 0.29) is 17.2 Å². The number of phenolic OH excluding ortho intramolecular Hbond substituents is 1. The standard InChI is InChI=1S/C15H17N3O2/c1-4-10-13(8(2)3)17-15-16-11-6-5-9(19)7-12(11)18(15)14(10)20/h5-8,19H,4H2,1-3H3,(H,16,17). The lowest BCUT2D eigenvalue weighted by molar-refractivity contribution is 0.476. The second-order valence-electron chi connectivity index (χ2n) is 5.27. The summed E-state index contributed by atoms with van der Waals surface area (Å²) in [7, 11) is 0. The number of benzene rings is 1. The maximum atomic E-state index is 12.7. The van der Waals surface area contributed by atoms with Crippen LogP contribution in [0.5, 0.6) is 5.75 Å². The number of nitrogens with zero attached hydrogens (tertiary/aromatic N) is 2. The predicted octanol–water partition coefficient (Wildman–Crippen LogP) is 2.57. The topological polar surface area (TPSA) is 70.4 Å². The van der Waals surface area contributed by atoms with Crippen molar-refractivity contribution >= 4 is 16.8 Å². The van der Waals surface area contributed by atoms with E-state index in [0.717, 1.165) is 11.3 Å². The first kappa shape index (κ1) is 12.7. The van der Waals surface area contributed by atoms with Crippen molar-refractivity contribution < 1.29 is 5.11 Å². The molecule has 1 aromatic carbocycles. The summed E-state index contributed by atoms with van der Waals surface area (Å²) in [5.41, 5.74) is 2.98. The predicted molar refractivity (Wildman–Crippen MR) is 78.5 cm³/mol. The molecule has 0 bridgehead atoms. The second kappa shape index (κ2) is 4.37. The van der Waals surface area contributed by atoms with Gasteiger partial charge in [-0.05, 0) is 24.5 Å². The number of hydrogen-bond donors (Lipinski definition) is 2. The van der Waals surface area contributed by atoms with Gasteiger partial charge in [0.25, 0.3) is 5.56 Å². The molecule has 0 radical (unpaired) electrons. The molecule has 2 N–H and O–H groups in total. The van der Waals surface area contributed by atoms with Crippen molar-refractivity contribution in [3.05, 3.63) is 39.8 Å². The van der Waals surface area contributed by atoms with E-state index in [9.17, 15) is 9.90 Å². The van der Waals surface area contributed by atoms with Crippen LogP contribution in [-0.2, 0) is 6.42 Å². The first-order chi connectivity index (χ1) is 9.52. The van der Waals surface area contributed by atoms with Gasteiger partial charge in [0.2, 0.25) is 5.78 Å². The third-order valence-electron chi connectivity index (χ3n) is 3.60. The molecule has 20 heavy (non-hydrogen) atoms. The summed E-state index contributed by atoms with van der Waals surface area (Å²) in [6.45, 7) is 6.07. The summed E-state index contributed by atoms with van der Waals surface area (Å²) >= 11 is 0. The Bertz CT molecular complexity index is 859. The lowest BCUT2D eigenvalue weighted by Gasteiger charge is -2.11. The van der Waals surface area contributed by atoms with E-state index in [2.05, 4.69) is 23.8 Å². The first-order valence-electron chi connectivity index (χ1n) is 6.79. The summed E-state index contributed by atoms with van der Waals surface area (Å²) in [5, 5.41) is 9.61. The average Bonchev–Trinajstić information content (AvgIpc) is 2.76. The van der Waals surface area contributed by atoms with Gasteiger partial charge in [-0.15, -0.1) is 0 Å². The first-order valence-corrected chi connectivity index (χ1v) is 6.79. The molecule has 0 saturated heterocycles. The molecule has 0 spiro atoms. The van der Waals surface area contributed by atoms with E-state index in [1.807, 2.05) is 6.92 Å². The van der Waals surface area contributed by atoms with E-state index < -0.39 is 0 Å². The van der Waals surface area contributed by atoms with Crippen molar-refractivity contribution in [1.82, 2.24) is 14.4 Å². The molecule has 0 atom stereocenters. The fourth-order valence-electron chi connectivity index (χ4n) is 2.63. The Balaban J connectivity index is 2.52. The Morgan fingerprint density at radius 2 is 2.15 bits per heavy atom. The van der Waals surface area contributed by atoms with Crippen LogP contribution < -0.4 is 5.56 Å². The van der Waals surface area contributed by atoms with Gasteiger partial charge in [0.1, 0.15) is 5.75 Å². The number of fused-ring (bicyclic) bond motifs is 3. The van der Waals surface area contributed by atoms with Gasteiger partial charge in [-0.2, -0.15) is 0 Å². The number of aromatic nitrogens is 3. The van der Waals surface area contributed by atoms with Gasteiger partial charge in [-0.3, -0.25) is 4.79 Å². The lowest BCUT2D eigenvalue weighted by Crippen LogP contribution is -2.22. The van der Waals surface area contributed by atoms with Gasteiger partial charge in [-0.1, -0.05) is 20.8 Å². The van der Waals surface area contributed by atoms with Crippen LogP contribution in [0.3, 0.4) is 0 Å². The van der Waals surface area contributed by atoms with Gasteiger partial charge in [0, 0.05) is 17.3 Å². The Hall–Kier alpha value is -2.30. The molecule has 0 aliphatic carbocycles. The summed E-state index contributed by atoms with van der Waals surface area (Å²) < 4.78 is 1.54. The van der Waals surface area contributed by atoms with Crippen molar-refractivity contribution in [1.29, 1.82) is 0 Å². The van der Waals surface area contributed by atoms with Crippen LogP contribution in [0.1, 0.15) is 37.9 Å². The number of hydrogen-bond acceptors (Lipinski definition) is 3. The van der Waals surface area contributed by atoms with Crippen molar-refractivity contribution in [3.63, 3.8) is 0 Å². The Morgan fingerprint density at radius 1 is 1.40 bits per heavy atom. The fourth-order valence-corrected chi connectivity index (χ4v) is 2.63. The zero-order chi connectivity index (χ0) is 14.4. The largest absolute Gasteiger partial charge is 0.508 e. The van der Waals surface area contributed by atoms with Crippen LogP contribution in [0.25, 0.3) is 16.8 Å². The van der Waals surface area contributed by atoms with Crippen LogP contribution in [0.2, 0.25) is 0 Å². The summed E-state index contributed by atoms with van der Waals surface area (Å²) in [6.07, 6.45) is 0.664. The van der Waals surface area contributed by atoms with Gasteiger partial charge in [0.15, 0.2) is 0 Å². The maximum absolute atomic E-state index is 12.7. The molecule has 0 fully saturated rings. The van der Waals surface area contributed by atoms with E-state index in [4.69, 9.17) is 0 Å².